The number of amides is 2. The minimum Gasteiger partial charge on any atom is -0.454 e. The number of hydrogen-bond donors (Lipinski definition) is 1. The minimum atomic E-state index is -0.0228. The molecule has 0 atom stereocenters. The highest BCUT2D eigenvalue weighted by molar-refractivity contribution is 5.74. The summed E-state index contributed by atoms with van der Waals surface area (Å²) in [5, 5.41) is 3.01. The van der Waals surface area contributed by atoms with E-state index >= 15 is 0 Å². The number of carbonyl (C=O) groups excluding carboxylic acids is 1. The third-order valence-electron chi connectivity index (χ3n) is 5.55. The normalized spacial score (nSPS) is 16.1. The highest BCUT2D eigenvalue weighted by atomic mass is 16.7. The SMILES string of the molecule is CC(C)(C)c1ccc(N2CCN(C(=O)NCc3ccc4c(c3)OCO4)CC2)cc1. The maximum Gasteiger partial charge on any atom is 0.317 e. The second-order valence-corrected chi connectivity index (χ2v) is 8.62. The second kappa shape index (κ2) is 7.85. The van der Waals surface area contributed by atoms with Gasteiger partial charge in [0.15, 0.2) is 11.5 Å². The Morgan fingerprint density at radius 1 is 0.966 bits per heavy atom. The number of carbonyl (C=O) groups is 1. The molecule has 2 aliphatic rings. The number of piperazine rings is 1. The topological polar surface area (TPSA) is 54.0 Å². The van der Waals surface area contributed by atoms with Crippen LogP contribution in [0.3, 0.4) is 0 Å². The number of rotatable bonds is 3. The summed E-state index contributed by atoms with van der Waals surface area (Å²) in [4.78, 5) is 16.8. The molecule has 6 heteroatoms. The molecule has 29 heavy (non-hydrogen) atoms. The Morgan fingerprint density at radius 3 is 2.34 bits per heavy atom. The van der Waals surface area contributed by atoms with Crippen LogP contribution >= 0.6 is 0 Å². The van der Waals surface area contributed by atoms with E-state index in [1.165, 1.54) is 11.3 Å². The van der Waals surface area contributed by atoms with Gasteiger partial charge in [0.1, 0.15) is 0 Å². The Hall–Kier alpha value is -2.89. The summed E-state index contributed by atoms with van der Waals surface area (Å²) >= 11 is 0. The Kier molecular flexibility index (Phi) is 5.26. The molecule has 0 bridgehead atoms. The lowest BCUT2D eigenvalue weighted by Gasteiger charge is -2.36. The van der Waals surface area contributed by atoms with E-state index in [1.54, 1.807) is 0 Å². The van der Waals surface area contributed by atoms with Gasteiger partial charge in [0.2, 0.25) is 6.79 Å². The van der Waals surface area contributed by atoms with Crippen molar-refractivity contribution >= 4 is 11.7 Å². The van der Waals surface area contributed by atoms with Gasteiger partial charge >= 0.3 is 6.03 Å². The lowest BCUT2D eigenvalue weighted by Crippen LogP contribution is -2.51. The molecule has 2 heterocycles. The smallest absolute Gasteiger partial charge is 0.317 e. The number of hydrogen-bond acceptors (Lipinski definition) is 4. The molecular weight excluding hydrogens is 366 g/mol. The number of nitrogens with zero attached hydrogens (tertiary/aromatic N) is 2. The maximum absolute atomic E-state index is 12.5. The highest BCUT2D eigenvalue weighted by Crippen LogP contribution is 2.32. The van der Waals surface area contributed by atoms with E-state index in [-0.39, 0.29) is 18.2 Å². The van der Waals surface area contributed by atoms with Crippen LogP contribution in [0.1, 0.15) is 31.9 Å². The van der Waals surface area contributed by atoms with Gasteiger partial charge in [0.25, 0.3) is 0 Å². The predicted octanol–water partition coefficient (Wildman–Crippen LogP) is 3.74. The molecule has 2 amide bonds. The van der Waals surface area contributed by atoms with E-state index in [9.17, 15) is 4.79 Å². The molecule has 0 radical (unpaired) electrons. The van der Waals surface area contributed by atoms with Crippen molar-refractivity contribution in [1.82, 2.24) is 10.2 Å². The summed E-state index contributed by atoms with van der Waals surface area (Å²) in [7, 11) is 0. The zero-order chi connectivity index (χ0) is 20.4. The van der Waals surface area contributed by atoms with Crippen LogP contribution in [0.15, 0.2) is 42.5 Å². The molecule has 1 saturated heterocycles. The van der Waals surface area contributed by atoms with Crippen molar-refractivity contribution in [3.05, 3.63) is 53.6 Å². The van der Waals surface area contributed by atoms with E-state index in [1.807, 2.05) is 23.1 Å². The lowest BCUT2D eigenvalue weighted by atomic mass is 9.87. The van der Waals surface area contributed by atoms with E-state index in [4.69, 9.17) is 9.47 Å². The summed E-state index contributed by atoms with van der Waals surface area (Å²) in [6.45, 7) is 10.5. The molecule has 0 spiro atoms. The Labute approximate surface area is 172 Å². The number of anilines is 1. The summed E-state index contributed by atoms with van der Waals surface area (Å²) in [5.41, 5.74) is 3.72. The van der Waals surface area contributed by atoms with E-state index < -0.39 is 0 Å². The van der Waals surface area contributed by atoms with Gasteiger partial charge in [-0.25, -0.2) is 4.79 Å². The fraction of sp³-hybridized carbons (Fsp3) is 0.435. The first-order chi connectivity index (χ1) is 13.9. The standard InChI is InChI=1S/C23H29N3O3/c1-23(2,3)18-5-7-19(8-6-18)25-10-12-26(13-11-25)22(27)24-15-17-4-9-20-21(14-17)29-16-28-20/h4-9,14H,10-13,15-16H2,1-3H3,(H,24,27). The van der Waals surface area contributed by atoms with Crippen molar-refractivity contribution in [2.45, 2.75) is 32.7 Å². The van der Waals surface area contributed by atoms with E-state index in [0.29, 0.717) is 19.6 Å². The quantitative estimate of drug-likeness (QED) is 0.860. The predicted molar refractivity (Wildman–Crippen MR) is 114 cm³/mol. The molecule has 0 unspecified atom stereocenters. The fourth-order valence-electron chi connectivity index (χ4n) is 3.68. The number of nitrogens with one attached hydrogen (secondary N) is 1. The largest absolute Gasteiger partial charge is 0.454 e. The highest BCUT2D eigenvalue weighted by Gasteiger charge is 2.22. The van der Waals surface area contributed by atoms with Crippen LogP contribution in [0.25, 0.3) is 0 Å². The van der Waals surface area contributed by atoms with Crippen LogP contribution in [0, 0.1) is 0 Å². The first-order valence-electron chi connectivity index (χ1n) is 10.2. The van der Waals surface area contributed by atoms with Crippen LogP contribution in [-0.2, 0) is 12.0 Å². The average molecular weight is 396 g/mol. The summed E-state index contributed by atoms with van der Waals surface area (Å²) in [5.74, 6) is 1.49. The van der Waals surface area contributed by atoms with Gasteiger partial charge in [-0.2, -0.15) is 0 Å². The van der Waals surface area contributed by atoms with Crippen molar-refractivity contribution in [2.75, 3.05) is 37.9 Å². The zero-order valence-electron chi connectivity index (χ0n) is 17.4. The van der Waals surface area contributed by atoms with Crippen molar-refractivity contribution in [1.29, 1.82) is 0 Å². The first-order valence-corrected chi connectivity index (χ1v) is 10.2. The van der Waals surface area contributed by atoms with Crippen LogP contribution in [0.2, 0.25) is 0 Å². The minimum absolute atomic E-state index is 0.0228. The van der Waals surface area contributed by atoms with E-state index in [2.05, 4.69) is 55.3 Å². The van der Waals surface area contributed by atoms with E-state index in [0.717, 1.165) is 30.2 Å². The first kappa shape index (κ1) is 19.4. The summed E-state index contributed by atoms with van der Waals surface area (Å²) in [6, 6.07) is 14.5. The number of ether oxygens (including phenoxy) is 2. The molecule has 2 aromatic rings. The number of benzene rings is 2. The Bertz CT molecular complexity index is 866. The molecule has 2 aromatic carbocycles. The van der Waals surface area contributed by atoms with Gasteiger partial charge in [0.05, 0.1) is 0 Å². The van der Waals surface area contributed by atoms with Crippen molar-refractivity contribution in [3.8, 4) is 11.5 Å². The van der Waals surface area contributed by atoms with Crippen molar-refractivity contribution < 1.29 is 14.3 Å². The molecular formula is C23H29N3O3. The lowest BCUT2D eigenvalue weighted by molar-refractivity contribution is 0.174. The molecule has 0 saturated carbocycles. The summed E-state index contributed by atoms with van der Waals surface area (Å²) < 4.78 is 10.7. The third-order valence-corrected chi connectivity index (χ3v) is 5.55. The van der Waals surface area contributed by atoms with Gasteiger partial charge in [-0.15, -0.1) is 0 Å². The summed E-state index contributed by atoms with van der Waals surface area (Å²) in [6.07, 6.45) is 0. The van der Waals surface area contributed by atoms with Crippen LogP contribution < -0.4 is 19.7 Å². The Morgan fingerprint density at radius 2 is 1.66 bits per heavy atom. The third kappa shape index (κ3) is 4.42. The van der Waals surface area contributed by atoms with Crippen LogP contribution in [0.4, 0.5) is 10.5 Å². The molecule has 1 N–H and O–H groups in total. The van der Waals surface area contributed by atoms with Gasteiger partial charge < -0.3 is 24.6 Å². The van der Waals surface area contributed by atoms with Gasteiger partial charge in [-0.1, -0.05) is 39.0 Å². The van der Waals surface area contributed by atoms with Crippen LogP contribution in [0.5, 0.6) is 11.5 Å². The van der Waals surface area contributed by atoms with Crippen molar-refractivity contribution in [3.63, 3.8) is 0 Å². The number of urea groups is 1. The molecule has 0 aliphatic carbocycles. The van der Waals surface area contributed by atoms with Gasteiger partial charge in [0, 0.05) is 38.4 Å². The maximum atomic E-state index is 12.5. The molecule has 154 valence electrons. The zero-order valence-corrected chi connectivity index (χ0v) is 17.4. The monoisotopic (exact) mass is 395 g/mol. The molecule has 2 aliphatic heterocycles. The van der Waals surface area contributed by atoms with Gasteiger partial charge in [-0.05, 0) is 40.8 Å². The molecule has 1 fully saturated rings. The Balaban J connectivity index is 1.27. The second-order valence-electron chi connectivity index (χ2n) is 8.62. The number of fused-ring (bicyclic) bond motifs is 1. The molecule has 0 aromatic heterocycles. The fourth-order valence-corrected chi connectivity index (χ4v) is 3.68. The van der Waals surface area contributed by atoms with Crippen LogP contribution in [-0.4, -0.2) is 43.9 Å². The van der Waals surface area contributed by atoms with Gasteiger partial charge in [-0.3, -0.25) is 0 Å². The average Bonchev–Trinajstić information content (AvgIpc) is 3.19. The van der Waals surface area contributed by atoms with Crippen molar-refractivity contribution in [2.24, 2.45) is 0 Å². The molecule has 4 rings (SSSR count). The molecule has 6 nitrogen and oxygen atoms in total.